The lowest BCUT2D eigenvalue weighted by molar-refractivity contribution is -0.120. The van der Waals surface area contributed by atoms with Crippen molar-refractivity contribution in [2.45, 2.75) is 6.92 Å². The van der Waals surface area contributed by atoms with Crippen LogP contribution in [0.2, 0.25) is 0 Å². The summed E-state index contributed by atoms with van der Waals surface area (Å²) in [7, 11) is 3.25. The van der Waals surface area contributed by atoms with Crippen LogP contribution < -0.4 is 20.0 Å². The lowest BCUT2D eigenvalue weighted by Gasteiger charge is -2.18. The number of fused-ring (bicyclic) bond motifs is 3. The van der Waals surface area contributed by atoms with E-state index >= 15 is 0 Å². The molecule has 4 rings (SSSR count). The van der Waals surface area contributed by atoms with Gasteiger partial charge in [-0.2, -0.15) is 0 Å². The Morgan fingerprint density at radius 2 is 1.73 bits per heavy atom. The largest absolute Gasteiger partial charge is 0.497 e. The minimum atomic E-state index is -0.448. The Labute approximate surface area is 173 Å². The highest BCUT2D eigenvalue weighted by Crippen LogP contribution is 2.32. The van der Waals surface area contributed by atoms with Crippen molar-refractivity contribution < 1.29 is 18.7 Å². The molecule has 0 aliphatic carbocycles. The van der Waals surface area contributed by atoms with Crippen LogP contribution in [0.25, 0.3) is 21.7 Å². The summed E-state index contributed by atoms with van der Waals surface area (Å²) >= 11 is 0. The van der Waals surface area contributed by atoms with E-state index in [-0.39, 0.29) is 12.5 Å². The first-order chi connectivity index (χ1) is 14.5. The number of methoxy groups -OCH3 is 1. The summed E-state index contributed by atoms with van der Waals surface area (Å²) in [6.45, 7) is 1.67. The maximum absolute atomic E-state index is 12.5. The molecular weight excluding hydrogens is 382 g/mol. The van der Waals surface area contributed by atoms with Crippen LogP contribution in [0.5, 0.6) is 11.5 Å². The maximum Gasteiger partial charge on any atom is 0.344 e. The number of aryl methyl sites for hydroxylation is 1. The number of anilines is 1. The smallest absolute Gasteiger partial charge is 0.344 e. The van der Waals surface area contributed by atoms with E-state index in [4.69, 9.17) is 13.9 Å². The third kappa shape index (κ3) is 3.48. The predicted molar refractivity (Wildman–Crippen MR) is 117 cm³/mol. The van der Waals surface area contributed by atoms with Crippen molar-refractivity contribution in [3.05, 3.63) is 76.6 Å². The molecule has 0 radical (unpaired) electrons. The van der Waals surface area contributed by atoms with Gasteiger partial charge in [0.25, 0.3) is 5.91 Å². The summed E-state index contributed by atoms with van der Waals surface area (Å²) in [5, 5.41) is 2.02. The fourth-order valence-corrected chi connectivity index (χ4v) is 3.41. The van der Waals surface area contributed by atoms with Crippen molar-refractivity contribution in [1.29, 1.82) is 0 Å². The first-order valence-electron chi connectivity index (χ1n) is 9.48. The molecule has 0 aliphatic heterocycles. The minimum Gasteiger partial charge on any atom is -0.497 e. The molecule has 0 unspecified atom stereocenters. The highest BCUT2D eigenvalue weighted by atomic mass is 16.5. The Morgan fingerprint density at radius 1 is 1.00 bits per heavy atom. The van der Waals surface area contributed by atoms with Crippen LogP contribution in [0.1, 0.15) is 5.56 Å². The second-order valence-corrected chi connectivity index (χ2v) is 6.94. The van der Waals surface area contributed by atoms with Gasteiger partial charge in [0.05, 0.1) is 12.5 Å². The zero-order chi connectivity index (χ0) is 21.3. The van der Waals surface area contributed by atoms with E-state index in [0.717, 1.165) is 16.5 Å². The van der Waals surface area contributed by atoms with E-state index in [2.05, 4.69) is 0 Å². The van der Waals surface area contributed by atoms with Crippen molar-refractivity contribution in [1.82, 2.24) is 0 Å². The van der Waals surface area contributed by atoms with Crippen LogP contribution in [-0.2, 0) is 4.79 Å². The molecule has 3 aromatic carbocycles. The number of benzene rings is 3. The number of nitrogens with zero attached hydrogens (tertiary/aromatic N) is 1. The molecule has 0 atom stereocenters. The minimum absolute atomic E-state index is 0.132. The summed E-state index contributed by atoms with van der Waals surface area (Å²) in [6.07, 6.45) is 0. The second-order valence-electron chi connectivity index (χ2n) is 6.94. The summed E-state index contributed by atoms with van der Waals surface area (Å²) < 4.78 is 16.5. The predicted octanol–water partition coefficient (Wildman–Crippen LogP) is 4.31. The van der Waals surface area contributed by atoms with Crippen molar-refractivity contribution in [2.75, 3.05) is 25.7 Å². The maximum atomic E-state index is 12.5. The Bertz CT molecular complexity index is 1290. The molecule has 4 aromatic rings. The van der Waals surface area contributed by atoms with Crippen molar-refractivity contribution in [3.8, 4) is 11.5 Å². The molecule has 6 heteroatoms. The van der Waals surface area contributed by atoms with E-state index in [1.807, 2.05) is 42.5 Å². The van der Waals surface area contributed by atoms with Gasteiger partial charge in [-0.05, 0) is 49.4 Å². The lowest BCUT2D eigenvalue weighted by atomic mass is 10.0. The normalized spacial score (nSPS) is 10.9. The Hall–Kier alpha value is -3.80. The molecular formula is C24H21NO5. The lowest BCUT2D eigenvalue weighted by Crippen LogP contribution is -2.31. The Morgan fingerprint density at radius 3 is 2.47 bits per heavy atom. The molecule has 152 valence electrons. The molecule has 0 saturated heterocycles. The number of amides is 1. The summed E-state index contributed by atoms with van der Waals surface area (Å²) in [4.78, 5) is 26.5. The van der Waals surface area contributed by atoms with Gasteiger partial charge >= 0.3 is 5.63 Å². The molecule has 1 aromatic heterocycles. The fraction of sp³-hybridized carbons (Fsp3) is 0.167. The van der Waals surface area contributed by atoms with Gasteiger partial charge in [0, 0.05) is 29.1 Å². The van der Waals surface area contributed by atoms with E-state index in [0.29, 0.717) is 28.0 Å². The summed E-state index contributed by atoms with van der Waals surface area (Å²) in [6, 6.07) is 18.3. The molecule has 0 fully saturated rings. The number of likely N-dealkylation sites (N-methyl/N-ethyl adjacent to an activating group) is 1. The zero-order valence-corrected chi connectivity index (χ0v) is 17.0. The van der Waals surface area contributed by atoms with Gasteiger partial charge < -0.3 is 18.8 Å². The van der Waals surface area contributed by atoms with Crippen LogP contribution in [-0.4, -0.2) is 26.7 Å². The molecule has 0 aliphatic rings. The Kier molecular flexibility index (Phi) is 5.14. The van der Waals surface area contributed by atoms with E-state index in [9.17, 15) is 9.59 Å². The highest BCUT2D eigenvalue weighted by molar-refractivity contribution is 6.06. The number of para-hydroxylation sites is 1. The molecule has 0 saturated carbocycles. The number of rotatable bonds is 5. The van der Waals surface area contributed by atoms with E-state index in [1.165, 1.54) is 4.90 Å². The topological polar surface area (TPSA) is 69.0 Å². The number of carbonyl (C=O) groups excluding carboxylic acids is 1. The first-order valence-corrected chi connectivity index (χ1v) is 9.48. The highest BCUT2D eigenvalue weighted by Gasteiger charge is 2.16. The zero-order valence-electron chi connectivity index (χ0n) is 17.0. The number of ether oxygens (including phenoxy) is 2. The molecule has 1 heterocycles. The standard InChI is InChI=1S/C24H21NO5/c1-15-21(29-14-22(26)25(2)16-7-5-4-6-8-16)12-11-19-18-10-9-17(28-3)13-20(18)24(27)30-23(15)19/h4-13H,14H2,1-3H3. The first kappa shape index (κ1) is 19.5. The molecule has 0 N–H and O–H groups in total. The van der Waals surface area contributed by atoms with Gasteiger partial charge in [0.15, 0.2) is 6.61 Å². The fourth-order valence-electron chi connectivity index (χ4n) is 3.41. The summed E-state index contributed by atoms with van der Waals surface area (Å²) in [5.41, 5.74) is 1.45. The van der Waals surface area contributed by atoms with Crippen LogP contribution in [0.4, 0.5) is 5.69 Å². The monoisotopic (exact) mass is 403 g/mol. The van der Waals surface area contributed by atoms with Gasteiger partial charge in [-0.15, -0.1) is 0 Å². The average molecular weight is 403 g/mol. The van der Waals surface area contributed by atoms with Crippen molar-refractivity contribution in [3.63, 3.8) is 0 Å². The number of carbonyl (C=O) groups is 1. The second kappa shape index (κ2) is 7.91. The van der Waals surface area contributed by atoms with Gasteiger partial charge in [-0.1, -0.05) is 18.2 Å². The van der Waals surface area contributed by atoms with Crippen LogP contribution >= 0.6 is 0 Å². The SMILES string of the molecule is COc1ccc2c(c1)c(=O)oc1c(C)c(OCC(=O)N(C)c3ccccc3)ccc12. The van der Waals surface area contributed by atoms with E-state index < -0.39 is 5.63 Å². The van der Waals surface area contributed by atoms with Crippen LogP contribution in [0, 0.1) is 6.92 Å². The van der Waals surface area contributed by atoms with Crippen LogP contribution in [0.3, 0.4) is 0 Å². The van der Waals surface area contributed by atoms with Crippen molar-refractivity contribution >= 4 is 33.3 Å². The third-order valence-electron chi connectivity index (χ3n) is 5.16. The van der Waals surface area contributed by atoms with Gasteiger partial charge in [-0.3, -0.25) is 4.79 Å². The molecule has 30 heavy (non-hydrogen) atoms. The quantitative estimate of drug-likeness (QED) is 0.367. The molecule has 1 amide bonds. The van der Waals surface area contributed by atoms with Gasteiger partial charge in [0.1, 0.15) is 17.1 Å². The van der Waals surface area contributed by atoms with E-state index in [1.54, 1.807) is 39.3 Å². The van der Waals surface area contributed by atoms with Gasteiger partial charge in [-0.25, -0.2) is 4.79 Å². The van der Waals surface area contributed by atoms with Gasteiger partial charge in [0.2, 0.25) is 0 Å². The average Bonchev–Trinajstić information content (AvgIpc) is 2.78. The van der Waals surface area contributed by atoms with Crippen LogP contribution in [0.15, 0.2) is 69.9 Å². The molecule has 6 nitrogen and oxygen atoms in total. The van der Waals surface area contributed by atoms with Crippen molar-refractivity contribution in [2.24, 2.45) is 0 Å². The molecule has 0 spiro atoms. The number of hydrogen-bond acceptors (Lipinski definition) is 5. The number of hydrogen-bond donors (Lipinski definition) is 0. The summed E-state index contributed by atoms with van der Waals surface area (Å²) in [5.74, 6) is 0.896. The molecule has 0 bridgehead atoms. The Balaban J connectivity index is 1.64. The third-order valence-corrected chi connectivity index (χ3v) is 5.16.